The van der Waals surface area contributed by atoms with E-state index in [1.165, 1.54) is 25.7 Å². The molecule has 5 heteroatoms. The molecule has 1 heterocycles. The van der Waals surface area contributed by atoms with Gasteiger partial charge in [0.25, 0.3) is 0 Å². The van der Waals surface area contributed by atoms with Gasteiger partial charge in [-0.1, -0.05) is 12.8 Å². The third-order valence-corrected chi connectivity index (χ3v) is 3.38. The Labute approximate surface area is 102 Å². The molecule has 1 amide bonds. The molecule has 1 aromatic heterocycles. The summed E-state index contributed by atoms with van der Waals surface area (Å²) in [5.74, 6) is 0.784. The van der Waals surface area contributed by atoms with Gasteiger partial charge in [-0.3, -0.25) is 9.48 Å². The number of hydrogen-bond donors (Lipinski definition) is 1. The van der Waals surface area contributed by atoms with Crippen molar-refractivity contribution in [1.29, 1.82) is 0 Å². The third kappa shape index (κ3) is 3.22. The zero-order valence-electron chi connectivity index (χ0n) is 10.3. The summed E-state index contributed by atoms with van der Waals surface area (Å²) in [6, 6.07) is 0. The summed E-state index contributed by atoms with van der Waals surface area (Å²) in [4.78, 5) is 13.7. The quantitative estimate of drug-likeness (QED) is 0.851. The summed E-state index contributed by atoms with van der Waals surface area (Å²) in [6.45, 7) is 1.15. The maximum atomic E-state index is 11.9. The van der Waals surface area contributed by atoms with Crippen LogP contribution in [0, 0.1) is 5.92 Å². The predicted octanol–water partition coefficient (Wildman–Crippen LogP) is 1.11. The van der Waals surface area contributed by atoms with Crippen LogP contribution in [0.1, 0.15) is 25.7 Å². The first-order valence-electron chi connectivity index (χ1n) is 6.17. The van der Waals surface area contributed by atoms with Crippen molar-refractivity contribution in [3.63, 3.8) is 0 Å². The van der Waals surface area contributed by atoms with E-state index in [0.717, 1.165) is 6.54 Å². The lowest BCUT2D eigenvalue weighted by atomic mass is 10.1. The maximum Gasteiger partial charge on any atom is 0.244 e. The number of nitrogen functional groups attached to an aromatic ring is 1. The summed E-state index contributed by atoms with van der Waals surface area (Å²) in [6.07, 6.45) is 8.37. The summed E-state index contributed by atoms with van der Waals surface area (Å²) >= 11 is 0. The number of carbonyl (C=O) groups excluding carboxylic acids is 1. The molecule has 0 spiro atoms. The molecule has 1 fully saturated rings. The lowest BCUT2D eigenvalue weighted by molar-refractivity contribution is -0.131. The lowest BCUT2D eigenvalue weighted by Gasteiger charge is -2.21. The first-order chi connectivity index (χ1) is 8.15. The van der Waals surface area contributed by atoms with Gasteiger partial charge in [0.15, 0.2) is 0 Å². The van der Waals surface area contributed by atoms with Crippen LogP contribution in [0.15, 0.2) is 12.4 Å². The highest BCUT2D eigenvalue weighted by Gasteiger charge is 2.19. The number of nitrogens with two attached hydrogens (primary N) is 1. The molecule has 0 unspecified atom stereocenters. The Hall–Kier alpha value is -1.52. The number of nitrogens with zero attached hydrogens (tertiary/aromatic N) is 3. The Kier molecular flexibility index (Phi) is 3.66. The molecule has 1 saturated carbocycles. The minimum absolute atomic E-state index is 0.0972. The van der Waals surface area contributed by atoms with Crippen LogP contribution in [-0.4, -0.2) is 34.2 Å². The second-order valence-electron chi connectivity index (χ2n) is 4.90. The van der Waals surface area contributed by atoms with E-state index < -0.39 is 0 Å². The van der Waals surface area contributed by atoms with Gasteiger partial charge in [0, 0.05) is 19.8 Å². The normalized spacial score (nSPS) is 16.3. The molecule has 0 atom stereocenters. The molecule has 0 radical (unpaired) electrons. The fourth-order valence-electron chi connectivity index (χ4n) is 2.41. The second kappa shape index (κ2) is 5.21. The van der Waals surface area contributed by atoms with Crippen molar-refractivity contribution in [3.05, 3.63) is 12.4 Å². The lowest BCUT2D eigenvalue weighted by Crippen LogP contribution is -2.33. The Morgan fingerprint density at radius 2 is 2.29 bits per heavy atom. The third-order valence-electron chi connectivity index (χ3n) is 3.38. The molecule has 0 saturated heterocycles. The fourth-order valence-corrected chi connectivity index (χ4v) is 2.41. The molecule has 0 aliphatic heterocycles. The van der Waals surface area contributed by atoms with Gasteiger partial charge >= 0.3 is 0 Å². The first-order valence-corrected chi connectivity index (χ1v) is 6.17. The van der Waals surface area contributed by atoms with Gasteiger partial charge in [-0.15, -0.1) is 0 Å². The topological polar surface area (TPSA) is 64.2 Å². The molecule has 1 aromatic rings. The molecule has 1 aliphatic rings. The van der Waals surface area contributed by atoms with Gasteiger partial charge < -0.3 is 10.6 Å². The number of rotatable bonds is 4. The largest absolute Gasteiger partial charge is 0.396 e. The number of hydrogen-bond acceptors (Lipinski definition) is 3. The van der Waals surface area contributed by atoms with Gasteiger partial charge in [-0.25, -0.2) is 0 Å². The van der Waals surface area contributed by atoms with Gasteiger partial charge in [0.1, 0.15) is 6.54 Å². The Morgan fingerprint density at radius 1 is 1.59 bits per heavy atom. The average molecular weight is 236 g/mol. The molecule has 0 aromatic carbocycles. The van der Waals surface area contributed by atoms with Crippen molar-refractivity contribution >= 4 is 11.6 Å². The van der Waals surface area contributed by atoms with Gasteiger partial charge in [0.2, 0.25) is 5.91 Å². The van der Waals surface area contributed by atoms with Crippen LogP contribution in [0.3, 0.4) is 0 Å². The zero-order chi connectivity index (χ0) is 12.3. The monoisotopic (exact) mass is 236 g/mol. The number of amides is 1. The van der Waals surface area contributed by atoms with E-state index in [2.05, 4.69) is 5.10 Å². The summed E-state index contributed by atoms with van der Waals surface area (Å²) in [5.41, 5.74) is 6.15. The van der Waals surface area contributed by atoms with Crippen LogP contribution in [0.25, 0.3) is 0 Å². The van der Waals surface area contributed by atoms with Gasteiger partial charge in [-0.2, -0.15) is 5.10 Å². The molecule has 17 heavy (non-hydrogen) atoms. The Bertz CT molecular complexity index is 382. The molecular weight excluding hydrogens is 216 g/mol. The number of likely N-dealkylation sites (N-methyl/N-ethyl adjacent to an activating group) is 1. The minimum Gasteiger partial charge on any atom is -0.396 e. The van der Waals surface area contributed by atoms with Crippen LogP contribution < -0.4 is 5.73 Å². The van der Waals surface area contributed by atoms with Crippen molar-refractivity contribution in [3.8, 4) is 0 Å². The predicted molar refractivity (Wildman–Crippen MR) is 66.2 cm³/mol. The van der Waals surface area contributed by atoms with E-state index in [1.54, 1.807) is 17.1 Å². The highest BCUT2D eigenvalue weighted by atomic mass is 16.2. The van der Waals surface area contributed by atoms with Crippen molar-refractivity contribution in [2.45, 2.75) is 32.2 Å². The zero-order valence-corrected chi connectivity index (χ0v) is 10.3. The van der Waals surface area contributed by atoms with Crippen LogP contribution >= 0.6 is 0 Å². The standard InChI is InChI=1S/C12H20N4O/c1-15(7-10-4-2-3-5-10)12(17)9-16-8-11(13)6-14-16/h6,8,10H,2-5,7,9,13H2,1H3. The highest BCUT2D eigenvalue weighted by molar-refractivity contribution is 5.75. The smallest absolute Gasteiger partial charge is 0.244 e. The molecule has 5 nitrogen and oxygen atoms in total. The van der Waals surface area contributed by atoms with Crippen molar-refractivity contribution in [2.24, 2.45) is 5.92 Å². The molecule has 2 rings (SSSR count). The average Bonchev–Trinajstić information content (AvgIpc) is 2.90. The number of anilines is 1. The Balaban J connectivity index is 1.82. The van der Waals surface area contributed by atoms with E-state index in [-0.39, 0.29) is 12.5 Å². The summed E-state index contributed by atoms with van der Waals surface area (Å²) < 4.78 is 1.59. The molecule has 0 bridgehead atoms. The van der Waals surface area contributed by atoms with Gasteiger partial charge in [-0.05, 0) is 18.8 Å². The summed E-state index contributed by atoms with van der Waals surface area (Å²) in [5, 5.41) is 4.01. The number of aromatic nitrogens is 2. The van der Waals surface area contributed by atoms with Crippen LogP contribution in [0.2, 0.25) is 0 Å². The van der Waals surface area contributed by atoms with Crippen molar-refractivity contribution < 1.29 is 4.79 Å². The van der Waals surface area contributed by atoms with Crippen LogP contribution in [0.5, 0.6) is 0 Å². The van der Waals surface area contributed by atoms with Crippen molar-refractivity contribution in [2.75, 3.05) is 19.3 Å². The molecule has 2 N–H and O–H groups in total. The second-order valence-corrected chi connectivity index (χ2v) is 4.90. The van der Waals surface area contributed by atoms with E-state index in [4.69, 9.17) is 5.73 Å². The van der Waals surface area contributed by atoms with E-state index in [9.17, 15) is 4.79 Å². The molecule has 94 valence electrons. The van der Waals surface area contributed by atoms with Gasteiger partial charge in [0.05, 0.1) is 11.9 Å². The Morgan fingerprint density at radius 3 is 2.88 bits per heavy atom. The number of carbonyl (C=O) groups is 1. The van der Waals surface area contributed by atoms with Crippen molar-refractivity contribution in [1.82, 2.24) is 14.7 Å². The van der Waals surface area contributed by atoms with E-state index in [1.807, 2.05) is 11.9 Å². The minimum atomic E-state index is 0.0972. The SMILES string of the molecule is CN(CC1CCCC1)C(=O)Cn1cc(N)cn1. The highest BCUT2D eigenvalue weighted by Crippen LogP contribution is 2.25. The van der Waals surface area contributed by atoms with E-state index in [0.29, 0.717) is 11.6 Å². The molecular formula is C12H20N4O. The molecule has 1 aliphatic carbocycles. The maximum absolute atomic E-state index is 11.9. The summed E-state index contributed by atoms with van der Waals surface area (Å²) in [7, 11) is 1.87. The van der Waals surface area contributed by atoms with Crippen LogP contribution in [-0.2, 0) is 11.3 Å². The van der Waals surface area contributed by atoms with Crippen LogP contribution in [0.4, 0.5) is 5.69 Å². The first kappa shape index (κ1) is 12.0. The van der Waals surface area contributed by atoms with E-state index >= 15 is 0 Å². The fraction of sp³-hybridized carbons (Fsp3) is 0.667.